The number of aliphatic carboxylic acids is 1. The molecule has 5 nitrogen and oxygen atoms in total. The molecular formula is C15H15BrN2O3S. The fraction of sp³-hybridized carbons (Fsp3) is 0.400. The summed E-state index contributed by atoms with van der Waals surface area (Å²) in [6, 6.07) is 5.93. The second-order valence-electron chi connectivity index (χ2n) is 5.58. The third-order valence-corrected chi connectivity index (χ3v) is 5.48. The molecule has 1 aliphatic rings. The predicted molar refractivity (Wildman–Crippen MR) is 88.0 cm³/mol. The molecule has 1 fully saturated rings. The van der Waals surface area contributed by atoms with Gasteiger partial charge in [-0.15, -0.1) is 11.3 Å². The lowest BCUT2D eigenvalue weighted by molar-refractivity contribution is -0.143. The van der Waals surface area contributed by atoms with Crippen molar-refractivity contribution in [3.8, 4) is 0 Å². The molecule has 0 saturated heterocycles. The minimum atomic E-state index is -0.815. The number of carboxylic acid groups (broad SMARTS) is 1. The standard InChI is InChI=1S/C15H15BrN2O3S/c16-9-1-2-11-10(7-9)18-13(22-11)4-3-12(19)17-8-15(5-6-15)14(20)21/h1-2,7H,3-6,8H2,(H,17,19)(H,20,21). The van der Waals surface area contributed by atoms with Gasteiger partial charge in [-0.05, 0) is 31.0 Å². The Labute approximate surface area is 139 Å². The molecule has 0 aliphatic heterocycles. The highest BCUT2D eigenvalue weighted by Crippen LogP contribution is 2.45. The van der Waals surface area contributed by atoms with E-state index in [0.717, 1.165) is 19.7 Å². The van der Waals surface area contributed by atoms with Gasteiger partial charge in [-0.3, -0.25) is 9.59 Å². The third-order valence-electron chi connectivity index (χ3n) is 3.89. The largest absolute Gasteiger partial charge is 0.481 e. The van der Waals surface area contributed by atoms with Crippen molar-refractivity contribution in [1.29, 1.82) is 0 Å². The van der Waals surface area contributed by atoms with Crippen LogP contribution in [0.4, 0.5) is 0 Å². The fourth-order valence-corrected chi connectivity index (χ4v) is 3.55. The summed E-state index contributed by atoms with van der Waals surface area (Å²) >= 11 is 5.00. The highest BCUT2D eigenvalue weighted by Gasteiger charge is 2.50. The van der Waals surface area contributed by atoms with Crippen LogP contribution < -0.4 is 5.32 Å². The molecule has 0 radical (unpaired) electrons. The topological polar surface area (TPSA) is 79.3 Å². The number of carbonyl (C=O) groups excluding carboxylic acids is 1. The van der Waals surface area contributed by atoms with Gasteiger partial charge in [0.05, 0.1) is 20.6 Å². The highest BCUT2D eigenvalue weighted by molar-refractivity contribution is 9.10. The van der Waals surface area contributed by atoms with Crippen LogP contribution in [0.2, 0.25) is 0 Å². The number of thiazole rings is 1. The van der Waals surface area contributed by atoms with Gasteiger partial charge in [0, 0.05) is 23.9 Å². The van der Waals surface area contributed by atoms with Gasteiger partial charge < -0.3 is 10.4 Å². The van der Waals surface area contributed by atoms with Gasteiger partial charge in [0.2, 0.25) is 5.91 Å². The number of amides is 1. The minimum absolute atomic E-state index is 0.118. The molecule has 2 N–H and O–H groups in total. The smallest absolute Gasteiger partial charge is 0.311 e. The Bertz CT molecular complexity index is 739. The van der Waals surface area contributed by atoms with E-state index in [1.807, 2.05) is 18.2 Å². The Morgan fingerprint density at radius 1 is 1.41 bits per heavy atom. The lowest BCUT2D eigenvalue weighted by Gasteiger charge is -2.10. The summed E-state index contributed by atoms with van der Waals surface area (Å²) < 4.78 is 2.08. The van der Waals surface area contributed by atoms with Gasteiger partial charge in [0.1, 0.15) is 0 Å². The Balaban J connectivity index is 1.53. The molecule has 0 atom stereocenters. The molecule has 3 rings (SSSR count). The van der Waals surface area contributed by atoms with Crippen molar-refractivity contribution < 1.29 is 14.7 Å². The first-order chi connectivity index (χ1) is 10.5. The number of hydrogen-bond acceptors (Lipinski definition) is 4. The van der Waals surface area contributed by atoms with E-state index in [1.165, 1.54) is 0 Å². The minimum Gasteiger partial charge on any atom is -0.481 e. The summed E-state index contributed by atoms with van der Waals surface area (Å²) in [6.07, 6.45) is 2.20. The molecule has 2 aromatic rings. The molecule has 116 valence electrons. The molecule has 0 bridgehead atoms. The summed E-state index contributed by atoms with van der Waals surface area (Å²) in [5, 5.41) is 12.7. The molecule has 0 unspecified atom stereocenters. The maximum Gasteiger partial charge on any atom is 0.311 e. The summed E-state index contributed by atoms with van der Waals surface area (Å²) in [4.78, 5) is 27.4. The average molecular weight is 383 g/mol. The van der Waals surface area contributed by atoms with Crippen LogP contribution in [0.15, 0.2) is 22.7 Å². The Hall–Kier alpha value is -1.47. The predicted octanol–water partition coefficient (Wildman–Crippen LogP) is 2.97. The van der Waals surface area contributed by atoms with E-state index in [1.54, 1.807) is 11.3 Å². The fourth-order valence-electron chi connectivity index (χ4n) is 2.25. The number of hydrogen-bond donors (Lipinski definition) is 2. The number of benzene rings is 1. The number of fused-ring (bicyclic) bond motifs is 1. The van der Waals surface area contributed by atoms with Crippen molar-refractivity contribution in [2.24, 2.45) is 5.41 Å². The van der Waals surface area contributed by atoms with Crippen LogP contribution in [-0.2, 0) is 16.0 Å². The molecule has 1 aromatic heterocycles. The summed E-state index contributed by atoms with van der Waals surface area (Å²) in [5.74, 6) is -0.933. The van der Waals surface area contributed by atoms with Crippen LogP contribution in [0.25, 0.3) is 10.2 Å². The molecule has 1 saturated carbocycles. The number of aromatic nitrogens is 1. The van der Waals surface area contributed by atoms with E-state index in [2.05, 4.69) is 26.2 Å². The van der Waals surface area contributed by atoms with Crippen LogP contribution in [0, 0.1) is 5.41 Å². The number of nitrogens with one attached hydrogen (secondary N) is 1. The van der Waals surface area contributed by atoms with Crippen molar-refractivity contribution in [3.63, 3.8) is 0 Å². The second kappa shape index (κ2) is 5.96. The van der Waals surface area contributed by atoms with Crippen LogP contribution in [0.1, 0.15) is 24.3 Å². The average Bonchev–Trinajstić information content (AvgIpc) is 3.17. The molecule has 1 aromatic carbocycles. The summed E-state index contributed by atoms with van der Waals surface area (Å²) in [5.41, 5.74) is 0.218. The normalized spacial score (nSPS) is 15.7. The van der Waals surface area contributed by atoms with E-state index in [-0.39, 0.29) is 12.5 Å². The highest BCUT2D eigenvalue weighted by atomic mass is 79.9. The maximum atomic E-state index is 11.8. The molecule has 7 heteroatoms. The van der Waals surface area contributed by atoms with Gasteiger partial charge in [-0.2, -0.15) is 0 Å². The van der Waals surface area contributed by atoms with Crippen LogP contribution in [-0.4, -0.2) is 28.5 Å². The lowest BCUT2D eigenvalue weighted by atomic mass is 10.1. The van der Waals surface area contributed by atoms with Gasteiger partial charge in [0.25, 0.3) is 0 Å². The molecule has 1 aliphatic carbocycles. The number of carboxylic acids is 1. The zero-order valence-corrected chi connectivity index (χ0v) is 14.2. The van der Waals surface area contributed by atoms with E-state index in [9.17, 15) is 9.59 Å². The van der Waals surface area contributed by atoms with Crippen molar-refractivity contribution in [1.82, 2.24) is 10.3 Å². The molecular weight excluding hydrogens is 368 g/mol. The number of aryl methyl sites for hydroxylation is 1. The summed E-state index contributed by atoms with van der Waals surface area (Å²) in [6.45, 7) is 0.230. The first-order valence-corrected chi connectivity index (χ1v) is 8.65. The number of rotatable bonds is 6. The monoisotopic (exact) mass is 382 g/mol. The number of nitrogens with zero attached hydrogens (tertiary/aromatic N) is 1. The Kier molecular flexibility index (Phi) is 4.18. The first-order valence-electron chi connectivity index (χ1n) is 7.04. The maximum absolute atomic E-state index is 11.8. The quantitative estimate of drug-likeness (QED) is 0.804. The van der Waals surface area contributed by atoms with Crippen molar-refractivity contribution in [3.05, 3.63) is 27.7 Å². The molecule has 1 heterocycles. The van der Waals surface area contributed by atoms with Crippen molar-refractivity contribution in [2.45, 2.75) is 25.7 Å². The number of halogens is 1. The van der Waals surface area contributed by atoms with Crippen molar-refractivity contribution in [2.75, 3.05) is 6.54 Å². The Morgan fingerprint density at radius 2 is 2.18 bits per heavy atom. The lowest BCUT2D eigenvalue weighted by Crippen LogP contribution is -2.34. The van der Waals surface area contributed by atoms with Gasteiger partial charge in [0.15, 0.2) is 0 Å². The van der Waals surface area contributed by atoms with E-state index in [4.69, 9.17) is 5.11 Å². The third kappa shape index (κ3) is 3.30. The summed E-state index contributed by atoms with van der Waals surface area (Å²) in [7, 11) is 0. The van der Waals surface area contributed by atoms with Crippen LogP contribution in [0.5, 0.6) is 0 Å². The van der Waals surface area contributed by atoms with E-state index in [0.29, 0.717) is 25.7 Å². The SMILES string of the molecule is O=C(CCc1nc2cc(Br)ccc2s1)NCC1(C(=O)O)CC1. The number of carbonyl (C=O) groups is 2. The van der Waals surface area contributed by atoms with Gasteiger partial charge in [-0.1, -0.05) is 15.9 Å². The zero-order valence-electron chi connectivity index (χ0n) is 11.8. The van der Waals surface area contributed by atoms with E-state index < -0.39 is 11.4 Å². The van der Waals surface area contributed by atoms with Crippen molar-refractivity contribution >= 4 is 49.4 Å². The molecule has 22 heavy (non-hydrogen) atoms. The van der Waals surface area contributed by atoms with Crippen LogP contribution in [0.3, 0.4) is 0 Å². The first kappa shape index (κ1) is 15.4. The zero-order chi connectivity index (χ0) is 15.7. The second-order valence-corrected chi connectivity index (χ2v) is 7.61. The van der Waals surface area contributed by atoms with E-state index >= 15 is 0 Å². The van der Waals surface area contributed by atoms with Gasteiger partial charge in [-0.25, -0.2) is 4.98 Å². The molecule has 0 spiro atoms. The van der Waals surface area contributed by atoms with Gasteiger partial charge >= 0.3 is 5.97 Å². The Morgan fingerprint density at radius 3 is 2.86 bits per heavy atom. The van der Waals surface area contributed by atoms with Crippen LogP contribution >= 0.6 is 27.3 Å². The molecule has 1 amide bonds.